The maximum Gasteiger partial charge on any atom is 0.246 e. The summed E-state index contributed by atoms with van der Waals surface area (Å²) < 4.78 is 20.2. The Bertz CT molecular complexity index is 828. The standard InChI is InChI=1S/C22H29ClFN3O2/c1-6-8-9-19(29-5)25-22(17-14-18(23)16(4)21(24)15(17)3)27-12-10-26(11-13-27)20(28)7-2/h7,9,14H,2,6,8,10-13H2,1,3-5H3/b19-9-,25-22?. The zero-order valence-corrected chi connectivity index (χ0v) is 18.4. The molecule has 7 heteroatoms. The lowest BCUT2D eigenvalue weighted by atomic mass is 10.0. The van der Waals surface area contributed by atoms with E-state index >= 15 is 0 Å². The van der Waals surface area contributed by atoms with Crippen molar-refractivity contribution in [3.63, 3.8) is 0 Å². The van der Waals surface area contributed by atoms with E-state index in [1.54, 1.807) is 31.9 Å². The first kappa shape index (κ1) is 22.9. The van der Waals surface area contributed by atoms with E-state index in [4.69, 9.17) is 21.3 Å². The fourth-order valence-corrected chi connectivity index (χ4v) is 3.39. The van der Waals surface area contributed by atoms with Crippen molar-refractivity contribution in [1.29, 1.82) is 0 Å². The quantitative estimate of drug-likeness (QED) is 0.295. The molecule has 1 aromatic carbocycles. The van der Waals surface area contributed by atoms with Gasteiger partial charge in [0.05, 0.1) is 7.11 Å². The Labute approximate surface area is 177 Å². The highest BCUT2D eigenvalue weighted by Crippen LogP contribution is 2.27. The molecule has 0 bridgehead atoms. The number of carbonyl (C=O) groups is 1. The largest absolute Gasteiger partial charge is 0.481 e. The summed E-state index contributed by atoms with van der Waals surface area (Å²) in [5, 5.41) is 0.354. The molecule has 0 aromatic heterocycles. The Morgan fingerprint density at radius 1 is 1.28 bits per heavy atom. The van der Waals surface area contributed by atoms with Crippen molar-refractivity contribution < 1.29 is 13.9 Å². The van der Waals surface area contributed by atoms with Crippen LogP contribution in [0.5, 0.6) is 0 Å². The van der Waals surface area contributed by atoms with Crippen molar-refractivity contribution in [3.05, 3.63) is 58.2 Å². The molecular formula is C22H29ClFN3O2. The second-order valence-corrected chi connectivity index (χ2v) is 7.36. The number of allylic oxidation sites excluding steroid dienone is 1. The summed E-state index contributed by atoms with van der Waals surface area (Å²) in [5.41, 5.74) is 1.53. The number of rotatable bonds is 6. The van der Waals surface area contributed by atoms with E-state index in [2.05, 4.69) is 13.5 Å². The summed E-state index contributed by atoms with van der Waals surface area (Å²) >= 11 is 6.29. The summed E-state index contributed by atoms with van der Waals surface area (Å²) in [4.78, 5) is 20.4. The topological polar surface area (TPSA) is 45.1 Å². The van der Waals surface area contributed by atoms with Gasteiger partial charge in [-0.25, -0.2) is 4.39 Å². The van der Waals surface area contributed by atoms with Crippen LogP contribution in [0.1, 0.15) is 36.5 Å². The zero-order valence-electron chi connectivity index (χ0n) is 17.6. The van der Waals surface area contributed by atoms with Crippen LogP contribution in [0.4, 0.5) is 4.39 Å². The summed E-state index contributed by atoms with van der Waals surface area (Å²) in [6, 6.07) is 1.75. The number of hydrogen-bond donors (Lipinski definition) is 0. The molecule has 0 spiro atoms. The monoisotopic (exact) mass is 421 g/mol. The van der Waals surface area contributed by atoms with E-state index in [9.17, 15) is 9.18 Å². The average Bonchev–Trinajstić information content (AvgIpc) is 2.75. The Morgan fingerprint density at radius 3 is 2.45 bits per heavy atom. The first-order valence-corrected chi connectivity index (χ1v) is 10.2. The normalized spacial score (nSPS) is 15.5. The second kappa shape index (κ2) is 10.4. The molecule has 0 atom stereocenters. The van der Waals surface area contributed by atoms with Crippen LogP contribution in [-0.2, 0) is 9.53 Å². The highest BCUT2D eigenvalue weighted by molar-refractivity contribution is 6.31. The number of piperazine rings is 1. The van der Waals surface area contributed by atoms with Gasteiger partial charge >= 0.3 is 0 Å². The van der Waals surface area contributed by atoms with Gasteiger partial charge in [-0.15, -0.1) is 0 Å². The van der Waals surface area contributed by atoms with Gasteiger partial charge in [0, 0.05) is 42.3 Å². The van der Waals surface area contributed by atoms with Gasteiger partial charge < -0.3 is 14.5 Å². The van der Waals surface area contributed by atoms with Gasteiger partial charge in [0.1, 0.15) is 11.7 Å². The van der Waals surface area contributed by atoms with Gasteiger partial charge in [-0.05, 0) is 44.1 Å². The van der Waals surface area contributed by atoms with Crippen LogP contribution in [0.3, 0.4) is 0 Å². The van der Waals surface area contributed by atoms with Crippen molar-refractivity contribution >= 4 is 23.3 Å². The number of amidine groups is 1. The van der Waals surface area contributed by atoms with Gasteiger partial charge in [-0.2, -0.15) is 4.99 Å². The minimum atomic E-state index is -0.336. The number of halogens is 2. The number of nitrogens with zero attached hydrogens (tertiary/aromatic N) is 3. The molecule has 2 rings (SSSR count). The molecule has 1 heterocycles. The lowest BCUT2D eigenvalue weighted by Crippen LogP contribution is -2.50. The van der Waals surface area contributed by atoms with Crippen LogP contribution in [0.2, 0.25) is 5.02 Å². The molecule has 1 saturated heterocycles. The number of carbonyl (C=O) groups excluding carboxylic acids is 1. The number of unbranched alkanes of at least 4 members (excludes halogenated alkanes) is 1. The summed E-state index contributed by atoms with van der Waals surface area (Å²) in [7, 11) is 1.57. The first-order chi connectivity index (χ1) is 13.8. The molecule has 0 N–H and O–H groups in total. The molecule has 1 amide bonds. The van der Waals surface area contributed by atoms with Crippen molar-refractivity contribution in [3.8, 4) is 0 Å². The number of aliphatic imine (C=N–C) groups is 1. The smallest absolute Gasteiger partial charge is 0.246 e. The summed E-state index contributed by atoms with van der Waals surface area (Å²) in [6.07, 6.45) is 5.02. The maximum atomic E-state index is 14.7. The third kappa shape index (κ3) is 5.38. The molecule has 0 saturated carbocycles. The van der Waals surface area contributed by atoms with Gasteiger partial charge in [0.15, 0.2) is 0 Å². The van der Waals surface area contributed by atoms with Gasteiger partial charge in [-0.3, -0.25) is 4.79 Å². The van der Waals surface area contributed by atoms with E-state index in [-0.39, 0.29) is 11.7 Å². The molecule has 29 heavy (non-hydrogen) atoms. The van der Waals surface area contributed by atoms with Crippen LogP contribution in [0.15, 0.2) is 35.7 Å². The fourth-order valence-electron chi connectivity index (χ4n) is 3.20. The number of benzene rings is 1. The second-order valence-electron chi connectivity index (χ2n) is 6.96. The van der Waals surface area contributed by atoms with Gasteiger partial charge in [-0.1, -0.05) is 31.5 Å². The first-order valence-electron chi connectivity index (χ1n) is 9.78. The van der Waals surface area contributed by atoms with Crippen molar-refractivity contribution in [2.24, 2.45) is 4.99 Å². The number of hydrogen-bond acceptors (Lipinski definition) is 3. The molecule has 0 aliphatic carbocycles. The van der Waals surface area contributed by atoms with Gasteiger partial charge in [0.25, 0.3) is 0 Å². The minimum absolute atomic E-state index is 0.0934. The Hall–Kier alpha value is -2.34. The Morgan fingerprint density at radius 2 is 1.90 bits per heavy atom. The van der Waals surface area contributed by atoms with E-state index in [1.807, 2.05) is 11.0 Å². The SMILES string of the molecule is C=CC(=O)N1CCN(C(=N/C(=C/CCC)OC)c2cc(Cl)c(C)c(F)c2C)CC1. The fraction of sp³-hybridized carbons (Fsp3) is 0.455. The van der Waals surface area contributed by atoms with Gasteiger partial charge in [0.2, 0.25) is 11.8 Å². The highest BCUT2D eigenvalue weighted by Gasteiger charge is 2.25. The lowest BCUT2D eigenvalue weighted by Gasteiger charge is -2.36. The average molecular weight is 422 g/mol. The predicted molar refractivity (Wildman–Crippen MR) is 116 cm³/mol. The molecule has 5 nitrogen and oxygen atoms in total. The Kier molecular flexibility index (Phi) is 8.26. The molecule has 1 aromatic rings. The van der Waals surface area contributed by atoms with Crippen molar-refractivity contribution in [1.82, 2.24) is 9.80 Å². The van der Waals surface area contributed by atoms with E-state index in [1.165, 1.54) is 6.08 Å². The third-order valence-corrected chi connectivity index (χ3v) is 5.42. The van der Waals surface area contributed by atoms with Crippen LogP contribution in [0.25, 0.3) is 0 Å². The third-order valence-electron chi connectivity index (χ3n) is 5.03. The minimum Gasteiger partial charge on any atom is -0.481 e. The van der Waals surface area contributed by atoms with Crippen LogP contribution in [-0.4, -0.2) is 54.8 Å². The van der Waals surface area contributed by atoms with E-state index in [0.717, 1.165) is 12.8 Å². The molecule has 0 unspecified atom stereocenters. The number of amides is 1. The zero-order chi connectivity index (χ0) is 21.6. The van der Waals surface area contributed by atoms with E-state index in [0.29, 0.717) is 59.6 Å². The molecule has 158 valence electrons. The molecule has 0 radical (unpaired) electrons. The lowest BCUT2D eigenvalue weighted by molar-refractivity contribution is -0.127. The molecule has 1 aliphatic rings. The van der Waals surface area contributed by atoms with Crippen molar-refractivity contribution in [2.45, 2.75) is 33.6 Å². The van der Waals surface area contributed by atoms with E-state index < -0.39 is 0 Å². The highest BCUT2D eigenvalue weighted by atomic mass is 35.5. The Balaban J connectivity index is 2.48. The van der Waals surface area contributed by atoms with Crippen LogP contribution >= 0.6 is 11.6 Å². The van der Waals surface area contributed by atoms with Crippen LogP contribution in [0, 0.1) is 19.7 Å². The summed E-state index contributed by atoms with van der Waals surface area (Å²) in [6.45, 7) is 11.2. The molecule has 1 aliphatic heterocycles. The number of ether oxygens (including phenoxy) is 1. The predicted octanol–water partition coefficient (Wildman–Crippen LogP) is 4.46. The maximum absolute atomic E-state index is 14.7. The van der Waals surface area contributed by atoms with Crippen LogP contribution < -0.4 is 0 Å². The number of methoxy groups -OCH3 is 1. The van der Waals surface area contributed by atoms with Crippen molar-refractivity contribution in [2.75, 3.05) is 33.3 Å². The molecule has 1 fully saturated rings. The molecular weight excluding hydrogens is 393 g/mol. The summed E-state index contributed by atoms with van der Waals surface area (Å²) in [5.74, 6) is 0.641.